The van der Waals surface area contributed by atoms with Crippen molar-refractivity contribution in [3.05, 3.63) is 28.8 Å². The number of amides is 1. The highest BCUT2D eigenvalue weighted by atomic mass is 16.5. The molecule has 0 bridgehead atoms. The van der Waals surface area contributed by atoms with Crippen LogP contribution in [0.1, 0.15) is 48.7 Å². The van der Waals surface area contributed by atoms with E-state index in [0.717, 1.165) is 17.5 Å². The molecule has 0 spiro atoms. The van der Waals surface area contributed by atoms with Gasteiger partial charge in [0.05, 0.1) is 0 Å². The van der Waals surface area contributed by atoms with Crippen molar-refractivity contribution < 1.29 is 19.4 Å². The average molecular weight is 307 g/mol. The summed E-state index contributed by atoms with van der Waals surface area (Å²) >= 11 is 0. The normalized spacial score (nSPS) is 12.1. The van der Waals surface area contributed by atoms with Gasteiger partial charge in [-0.05, 0) is 56.4 Å². The molecule has 5 heteroatoms. The van der Waals surface area contributed by atoms with Gasteiger partial charge in [0.1, 0.15) is 5.75 Å². The van der Waals surface area contributed by atoms with E-state index in [2.05, 4.69) is 19.2 Å². The zero-order valence-corrected chi connectivity index (χ0v) is 13.9. The number of carbonyl (C=O) groups excluding carboxylic acids is 1. The van der Waals surface area contributed by atoms with Gasteiger partial charge >= 0.3 is 5.97 Å². The fourth-order valence-corrected chi connectivity index (χ4v) is 2.52. The van der Waals surface area contributed by atoms with Gasteiger partial charge in [-0.1, -0.05) is 13.8 Å². The van der Waals surface area contributed by atoms with Crippen molar-refractivity contribution in [2.24, 2.45) is 5.92 Å². The molecule has 0 saturated carbocycles. The highest BCUT2D eigenvalue weighted by Gasteiger charge is 2.15. The van der Waals surface area contributed by atoms with Crippen molar-refractivity contribution in [1.82, 2.24) is 5.32 Å². The summed E-state index contributed by atoms with van der Waals surface area (Å²) in [6, 6.07) is 3.56. The summed E-state index contributed by atoms with van der Waals surface area (Å²) in [7, 11) is 0. The third-order valence-corrected chi connectivity index (χ3v) is 3.26. The van der Waals surface area contributed by atoms with Crippen molar-refractivity contribution in [3.8, 4) is 5.75 Å². The molecule has 2 N–H and O–H groups in total. The Balaban J connectivity index is 2.84. The van der Waals surface area contributed by atoms with E-state index in [0.29, 0.717) is 17.2 Å². The maximum atomic E-state index is 12.3. The van der Waals surface area contributed by atoms with Crippen LogP contribution >= 0.6 is 0 Å². The molecule has 0 aliphatic rings. The molecule has 122 valence electrons. The van der Waals surface area contributed by atoms with Crippen molar-refractivity contribution in [2.45, 2.75) is 47.1 Å². The molecule has 0 aromatic heterocycles. The number of hydrogen-bond donors (Lipinski definition) is 2. The van der Waals surface area contributed by atoms with Gasteiger partial charge in [0.25, 0.3) is 5.91 Å². The minimum absolute atomic E-state index is 0.107. The van der Waals surface area contributed by atoms with Crippen molar-refractivity contribution in [1.29, 1.82) is 0 Å². The summed E-state index contributed by atoms with van der Waals surface area (Å²) in [5.41, 5.74) is 2.07. The van der Waals surface area contributed by atoms with Crippen LogP contribution in [-0.4, -0.2) is 29.6 Å². The van der Waals surface area contributed by atoms with E-state index in [9.17, 15) is 9.59 Å². The molecular weight excluding hydrogens is 282 g/mol. The number of hydrogen-bond acceptors (Lipinski definition) is 3. The zero-order chi connectivity index (χ0) is 16.9. The quantitative estimate of drug-likeness (QED) is 0.812. The SMILES string of the molecule is Cc1cc(C(=O)NC(C)CC(C)C)cc(C)c1OCC(=O)O. The summed E-state index contributed by atoms with van der Waals surface area (Å²) in [5, 5.41) is 11.7. The Labute approximate surface area is 131 Å². The molecule has 0 aliphatic carbocycles. The largest absolute Gasteiger partial charge is 0.481 e. The minimum atomic E-state index is -1.02. The molecule has 1 aromatic carbocycles. The summed E-state index contributed by atoms with van der Waals surface area (Å²) in [5.74, 6) is -0.105. The number of aryl methyl sites for hydroxylation is 2. The number of rotatable bonds is 7. The van der Waals surface area contributed by atoms with Gasteiger partial charge in [-0.2, -0.15) is 0 Å². The fraction of sp³-hybridized carbons (Fsp3) is 0.529. The molecule has 1 amide bonds. The summed E-state index contributed by atoms with van der Waals surface area (Å²) < 4.78 is 5.27. The van der Waals surface area contributed by atoms with E-state index < -0.39 is 12.6 Å². The second kappa shape index (κ2) is 7.82. The molecular formula is C17H25NO4. The van der Waals surface area contributed by atoms with Gasteiger partial charge in [0.2, 0.25) is 0 Å². The molecule has 1 atom stereocenters. The lowest BCUT2D eigenvalue weighted by atomic mass is 10.0. The summed E-state index contributed by atoms with van der Waals surface area (Å²) in [6.07, 6.45) is 0.920. The van der Waals surface area contributed by atoms with Crippen LogP contribution in [0.2, 0.25) is 0 Å². The van der Waals surface area contributed by atoms with E-state index >= 15 is 0 Å². The fourth-order valence-electron chi connectivity index (χ4n) is 2.52. The molecule has 1 aromatic rings. The first-order valence-electron chi connectivity index (χ1n) is 7.47. The monoisotopic (exact) mass is 307 g/mol. The first-order valence-corrected chi connectivity index (χ1v) is 7.47. The van der Waals surface area contributed by atoms with E-state index in [1.165, 1.54) is 0 Å². The van der Waals surface area contributed by atoms with Gasteiger partial charge in [0, 0.05) is 11.6 Å². The molecule has 1 unspecified atom stereocenters. The molecule has 0 heterocycles. The summed E-state index contributed by atoms with van der Waals surface area (Å²) in [6.45, 7) is 9.44. The molecule has 5 nitrogen and oxygen atoms in total. The Bertz CT molecular complexity index is 529. The highest BCUT2D eigenvalue weighted by Crippen LogP contribution is 2.25. The minimum Gasteiger partial charge on any atom is -0.481 e. The smallest absolute Gasteiger partial charge is 0.341 e. The van der Waals surface area contributed by atoms with Crippen LogP contribution in [0.4, 0.5) is 0 Å². The lowest BCUT2D eigenvalue weighted by Crippen LogP contribution is -2.33. The predicted molar refractivity (Wildman–Crippen MR) is 85.4 cm³/mol. The van der Waals surface area contributed by atoms with Crippen LogP contribution in [0.25, 0.3) is 0 Å². The Morgan fingerprint density at radius 3 is 2.18 bits per heavy atom. The van der Waals surface area contributed by atoms with Gasteiger partial charge in [-0.3, -0.25) is 4.79 Å². The van der Waals surface area contributed by atoms with E-state index in [1.54, 1.807) is 26.0 Å². The highest BCUT2D eigenvalue weighted by molar-refractivity contribution is 5.95. The standard InChI is InChI=1S/C17H25NO4/c1-10(2)6-13(5)18-17(21)14-7-11(3)16(12(4)8-14)22-9-15(19)20/h7-8,10,13H,6,9H2,1-5H3,(H,18,21)(H,19,20). The van der Waals surface area contributed by atoms with Crippen LogP contribution in [0.3, 0.4) is 0 Å². The van der Waals surface area contributed by atoms with Crippen molar-refractivity contribution in [3.63, 3.8) is 0 Å². The molecule has 0 fully saturated rings. The number of ether oxygens (including phenoxy) is 1. The van der Waals surface area contributed by atoms with Crippen molar-refractivity contribution >= 4 is 11.9 Å². The lowest BCUT2D eigenvalue weighted by Gasteiger charge is -2.17. The first-order chi connectivity index (χ1) is 10.2. The summed E-state index contributed by atoms with van der Waals surface area (Å²) in [4.78, 5) is 22.9. The number of aliphatic carboxylic acids is 1. The van der Waals surface area contributed by atoms with E-state index in [-0.39, 0.29) is 11.9 Å². The number of carbonyl (C=O) groups is 2. The first kappa shape index (κ1) is 18.0. The second-order valence-electron chi connectivity index (χ2n) is 6.13. The molecule has 0 aliphatic heterocycles. The Kier molecular flexibility index (Phi) is 6.40. The Hall–Kier alpha value is -2.04. The number of carboxylic acids is 1. The van der Waals surface area contributed by atoms with E-state index in [4.69, 9.17) is 9.84 Å². The predicted octanol–water partition coefficient (Wildman–Crippen LogP) is 2.93. The maximum Gasteiger partial charge on any atom is 0.341 e. The number of carboxylic acid groups (broad SMARTS) is 1. The lowest BCUT2D eigenvalue weighted by molar-refractivity contribution is -0.139. The second-order valence-corrected chi connectivity index (χ2v) is 6.13. The molecule has 0 saturated heterocycles. The Morgan fingerprint density at radius 2 is 1.73 bits per heavy atom. The van der Waals surface area contributed by atoms with Crippen molar-refractivity contribution in [2.75, 3.05) is 6.61 Å². The van der Waals surface area contributed by atoms with E-state index in [1.807, 2.05) is 6.92 Å². The number of nitrogens with one attached hydrogen (secondary N) is 1. The average Bonchev–Trinajstić information content (AvgIpc) is 2.35. The topological polar surface area (TPSA) is 75.6 Å². The van der Waals surface area contributed by atoms with Gasteiger partial charge in [-0.15, -0.1) is 0 Å². The number of benzene rings is 1. The maximum absolute atomic E-state index is 12.3. The third kappa shape index (κ3) is 5.39. The molecule has 1 rings (SSSR count). The van der Waals surface area contributed by atoms with Crippen LogP contribution in [0, 0.1) is 19.8 Å². The van der Waals surface area contributed by atoms with Gasteiger partial charge < -0.3 is 15.2 Å². The van der Waals surface area contributed by atoms with Gasteiger partial charge in [-0.25, -0.2) is 4.79 Å². The van der Waals surface area contributed by atoms with Crippen LogP contribution in [-0.2, 0) is 4.79 Å². The Morgan fingerprint density at radius 1 is 1.18 bits per heavy atom. The van der Waals surface area contributed by atoms with Crippen LogP contribution < -0.4 is 10.1 Å². The molecule has 22 heavy (non-hydrogen) atoms. The van der Waals surface area contributed by atoms with Gasteiger partial charge in [0.15, 0.2) is 6.61 Å². The van der Waals surface area contributed by atoms with Crippen LogP contribution in [0.15, 0.2) is 12.1 Å². The zero-order valence-electron chi connectivity index (χ0n) is 13.9. The third-order valence-electron chi connectivity index (χ3n) is 3.26. The molecule has 0 radical (unpaired) electrons. The van der Waals surface area contributed by atoms with Crippen LogP contribution in [0.5, 0.6) is 5.75 Å².